The van der Waals surface area contributed by atoms with Gasteiger partial charge in [0.2, 0.25) is 0 Å². The molecule has 1 fully saturated rings. The van der Waals surface area contributed by atoms with Gasteiger partial charge in [-0.25, -0.2) is 0 Å². The Morgan fingerprint density at radius 3 is 2.00 bits per heavy atom. The van der Waals surface area contributed by atoms with Gasteiger partial charge in [0.25, 0.3) is 0 Å². The van der Waals surface area contributed by atoms with Gasteiger partial charge < -0.3 is 0 Å². The Bertz CT molecular complexity index is 206. The molecule has 0 radical (unpaired) electrons. The topological polar surface area (TPSA) is 0 Å². The molecule has 1 rings (SSSR count). The molecule has 0 aliphatic heterocycles. The summed E-state index contributed by atoms with van der Waals surface area (Å²) in [7, 11) is 0. The summed E-state index contributed by atoms with van der Waals surface area (Å²) in [4.78, 5) is 0. The van der Waals surface area contributed by atoms with Crippen LogP contribution in [0.3, 0.4) is 0 Å². The average Bonchev–Trinajstić information content (AvgIpc) is 2.70. The largest absolute Gasteiger partial charge is 0.0648 e. The summed E-state index contributed by atoms with van der Waals surface area (Å²) in [6, 6.07) is 0. The van der Waals surface area contributed by atoms with E-state index < -0.39 is 0 Å². The fourth-order valence-electron chi connectivity index (χ4n) is 3.54. The molecule has 0 N–H and O–H groups in total. The van der Waals surface area contributed by atoms with Crippen molar-refractivity contribution in [2.75, 3.05) is 0 Å². The summed E-state index contributed by atoms with van der Waals surface area (Å²) >= 11 is 0. The maximum absolute atomic E-state index is 2.48. The van der Waals surface area contributed by atoms with Gasteiger partial charge in [0.1, 0.15) is 0 Å². The van der Waals surface area contributed by atoms with Crippen molar-refractivity contribution in [1.29, 1.82) is 0 Å². The van der Waals surface area contributed by atoms with Gasteiger partial charge in [0, 0.05) is 0 Å². The molecule has 0 amide bonds. The van der Waals surface area contributed by atoms with Crippen molar-refractivity contribution in [3.63, 3.8) is 0 Å². The van der Waals surface area contributed by atoms with E-state index in [-0.39, 0.29) is 0 Å². The lowest BCUT2D eigenvalue weighted by Gasteiger charge is -2.22. The smallest absolute Gasteiger partial charge is 0.0266 e. The lowest BCUT2D eigenvalue weighted by atomic mass is 9.84. The second-order valence-corrected chi connectivity index (χ2v) is 6.61. The summed E-state index contributed by atoms with van der Waals surface area (Å²) in [5, 5.41) is 0. The molecule has 0 heterocycles. The first-order valence-electron chi connectivity index (χ1n) is 6.84. The van der Waals surface area contributed by atoms with Crippen LogP contribution in [-0.4, -0.2) is 0 Å². The Morgan fingerprint density at radius 2 is 1.67 bits per heavy atom. The Hall–Kier alpha value is 0. The van der Waals surface area contributed by atoms with Gasteiger partial charge in [-0.05, 0) is 41.4 Å². The monoisotopic (exact) mass is 210 g/mol. The summed E-state index contributed by atoms with van der Waals surface area (Å²) in [5.74, 6) is 4.59. The van der Waals surface area contributed by atoms with Crippen LogP contribution < -0.4 is 0 Å². The van der Waals surface area contributed by atoms with Gasteiger partial charge in [-0.3, -0.25) is 0 Å². The van der Waals surface area contributed by atoms with Gasteiger partial charge >= 0.3 is 0 Å². The first kappa shape index (κ1) is 13.1. The summed E-state index contributed by atoms with van der Waals surface area (Å²) < 4.78 is 0. The molecular formula is C15H30. The highest BCUT2D eigenvalue weighted by molar-refractivity contribution is 5.06. The highest BCUT2D eigenvalue weighted by Gasteiger charge is 2.58. The van der Waals surface area contributed by atoms with E-state index >= 15 is 0 Å². The molecule has 0 aromatic carbocycles. The number of hydrogen-bond donors (Lipinski definition) is 0. The van der Waals surface area contributed by atoms with Crippen LogP contribution in [-0.2, 0) is 0 Å². The van der Waals surface area contributed by atoms with Crippen LogP contribution in [0.25, 0.3) is 0 Å². The Balaban J connectivity index is 2.47. The zero-order valence-electron chi connectivity index (χ0n) is 11.8. The molecule has 90 valence electrons. The van der Waals surface area contributed by atoms with E-state index in [4.69, 9.17) is 0 Å². The molecule has 1 aliphatic carbocycles. The van der Waals surface area contributed by atoms with Gasteiger partial charge in [0.05, 0.1) is 0 Å². The van der Waals surface area contributed by atoms with E-state index in [2.05, 4.69) is 48.5 Å². The first-order valence-corrected chi connectivity index (χ1v) is 6.84. The first-order chi connectivity index (χ1) is 6.84. The second kappa shape index (κ2) is 4.47. The molecule has 0 nitrogen and oxygen atoms in total. The highest BCUT2D eigenvalue weighted by atomic mass is 14.6. The minimum atomic E-state index is 0.663. The second-order valence-electron chi connectivity index (χ2n) is 6.61. The van der Waals surface area contributed by atoms with Crippen LogP contribution in [0.2, 0.25) is 0 Å². The number of rotatable bonds is 5. The molecule has 15 heavy (non-hydrogen) atoms. The SMILES string of the molecule is CCC1(C)C(C)C1C(C)CC(C)C(C)C. The molecule has 0 aromatic rings. The highest BCUT2D eigenvalue weighted by Crippen LogP contribution is 2.64. The lowest BCUT2D eigenvalue weighted by Crippen LogP contribution is -2.13. The van der Waals surface area contributed by atoms with Crippen LogP contribution in [0.4, 0.5) is 0 Å². The van der Waals surface area contributed by atoms with Gasteiger partial charge in [0.15, 0.2) is 0 Å². The fraction of sp³-hybridized carbons (Fsp3) is 1.00. The molecule has 0 aromatic heterocycles. The fourth-order valence-corrected chi connectivity index (χ4v) is 3.54. The van der Waals surface area contributed by atoms with Gasteiger partial charge in [-0.15, -0.1) is 0 Å². The third-order valence-corrected chi connectivity index (χ3v) is 5.49. The maximum Gasteiger partial charge on any atom is -0.0266 e. The van der Waals surface area contributed by atoms with E-state index in [1.165, 1.54) is 12.8 Å². The van der Waals surface area contributed by atoms with E-state index in [9.17, 15) is 0 Å². The molecule has 0 heteroatoms. The van der Waals surface area contributed by atoms with Crippen LogP contribution >= 0.6 is 0 Å². The lowest BCUT2D eigenvalue weighted by molar-refractivity contribution is 0.284. The summed E-state index contributed by atoms with van der Waals surface area (Å²) in [6.45, 7) is 16.9. The summed E-state index contributed by atoms with van der Waals surface area (Å²) in [6.07, 6.45) is 2.78. The molecule has 0 bridgehead atoms. The minimum absolute atomic E-state index is 0.663. The van der Waals surface area contributed by atoms with E-state index in [1.54, 1.807) is 0 Å². The average molecular weight is 210 g/mol. The van der Waals surface area contributed by atoms with Crippen molar-refractivity contribution in [2.45, 2.75) is 61.3 Å². The Kier molecular flexibility index (Phi) is 3.90. The summed E-state index contributed by atoms with van der Waals surface area (Å²) in [5.41, 5.74) is 0.663. The molecular weight excluding hydrogens is 180 g/mol. The third kappa shape index (κ3) is 2.40. The normalized spacial score (nSPS) is 39.2. The Morgan fingerprint density at radius 1 is 1.13 bits per heavy atom. The van der Waals surface area contributed by atoms with Crippen molar-refractivity contribution >= 4 is 0 Å². The molecule has 1 aliphatic rings. The van der Waals surface area contributed by atoms with E-state index in [1.807, 2.05) is 0 Å². The van der Waals surface area contributed by atoms with Crippen LogP contribution in [0.1, 0.15) is 61.3 Å². The predicted molar refractivity (Wildman–Crippen MR) is 68.8 cm³/mol. The van der Waals surface area contributed by atoms with Crippen LogP contribution in [0, 0.1) is 35.0 Å². The van der Waals surface area contributed by atoms with Crippen molar-refractivity contribution in [3.05, 3.63) is 0 Å². The zero-order chi connectivity index (χ0) is 11.8. The van der Waals surface area contributed by atoms with E-state index in [0.717, 1.165) is 29.6 Å². The Labute approximate surface area is 96.8 Å². The molecule has 0 saturated heterocycles. The third-order valence-electron chi connectivity index (χ3n) is 5.49. The van der Waals surface area contributed by atoms with Gasteiger partial charge in [-0.2, -0.15) is 0 Å². The minimum Gasteiger partial charge on any atom is -0.0648 e. The standard InChI is InChI=1S/C15H30/c1-8-15(7)13(6)14(15)12(5)9-11(4)10(2)3/h10-14H,8-9H2,1-7H3. The van der Waals surface area contributed by atoms with Gasteiger partial charge in [-0.1, -0.05) is 54.9 Å². The van der Waals surface area contributed by atoms with Crippen molar-refractivity contribution in [2.24, 2.45) is 35.0 Å². The van der Waals surface area contributed by atoms with Crippen molar-refractivity contribution < 1.29 is 0 Å². The molecule has 1 saturated carbocycles. The van der Waals surface area contributed by atoms with Crippen molar-refractivity contribution in [3.8, 4) is 0 Å². The van der Waals surface area contributed by atoms with E-state index in [0.29, 0.717) is 5.41 Å². The van der Waals surface area contributed by atoms with Crippen LogP contribution in [0.5, 0.6) is 0 Å². The molecule has 5 unspecified atom stereocenters. The zero-order valence-corrected chi connectivity index (χ0v) is 11.8. The predicted octanol–water partition coefficient (Wildman–Crippen LogP) is 4.99. The number of hydrogen-bond acceptors (Lipinski definition) is 0. The van der Waals surface area contributed by atoms with Crippen LogP contribution in [0.15, 0.2) is 0 Å². The quantitative estimate of drug-likeness (QED) is 0.600. The maximum atomic E-state index is 2.48. The molecule has 0 spiro atoms. The van der Waals surface area contributed by atoms with Crippen molar-refractivity contribution in [1.82, 2.24) is 0 Å². The molecule has 5 atom stereocenters.